The van der Waals surface area contributed by atoms with Crippen molar-refractivity contribution in [3.63, 3.8) is 0 Å². The lowest BCUT2D eigenvalue weighted by Gasteiger charge is -2.11. The Hall–Kier alpha value is -1.95. The van der Waals surface area contributed by atoms with Crippen LogP contribution in [-0.2, 0) is 9.59 Å². The molecule has 0 aliphatic heterocycles. The van der Waals surface area contributed by atoms with Gasteiger partial charge >= 0.3 is 11.8 Å². The van der Waals surface area contributed by atoms with Gasteiger partial charge < -0.3 is 15.7 Å². The van der Waals surface area contributed by atoms with Gasteiger partial charge in [-0.2, -0.15) is 0 Å². The maximum atomic E-state index is 13.1. The Morgan fingerprint density at radius 2 is 2.05 bits per heavy atom. The maximum Gasteiger partial charge on any atom is 0.313 e. The molecular formula is C14H19FN2O3. The van der Waals surface area contributed by atoms with Gasteiger partial charge in [-0.3, -0.25) is 9.59 Å². The van der Waals surface area contributed by atoms with Crippen LogP contribution in [0.1, 0.15) is 25.3 Å². The second kappa shape index (κ2) is 7.59. The Balaban J connectivity index is 2.49. The van der Waals surface area contributed by atoms with Crippen molar-refractivity contribution < 1.29 is 19.1 Å². The summed E-state index contributed by atoms with van der Waals surface area (Å²) in [6.07, 6.45) is 0.682. The SMILES string of the molecule is CCCC(O)CNC(=O)C(=O)Nc1ccc(F)c(C)c1. The molecule has 0 aromatic heterocycles. The monoisotopic (exact) mass is 282 g/mol. The molecule has 0 fully saturated rings. The van der Waals surface area contributed by atoms with E-state index in [9.17, 15) is 19.1 Å². The van der Waals surface area contributed by atoms with E-state index in [4.69, 9.17) is 0 Å². The normalized spacial score (nSPS) is 11.8. The lowest BCUT2D eigenvalue weighted by molar-refractivity contribution is -0.136. The van der Waals surface area contributed by atoms with Crippen molar-refractivity contribution >= 4 is 17.5 Å². The molecular weight excluding hydrogens is 263 g/mol. The summed E-state index contributed by atoms with van der Waals surface area (Å²) in [6, 6.07) is 4.03. The molecule has 110 valence electrons. The van der Waals surface area contributed by atoms with E-state index in [0.717, 1.165) is 6.42 Å². The zero-order chi connectivity index (χ0) is 15.1. The lowest BCUT2D eigenvalue weighted by atomic mass is 10.2. The van der Waals surface area contributed by atoms with Crippen molar-refractivity contribution in [3.05, 3.63) is 29.6 Å². The van der Waals surface area contributed by atoms with Crippen LogP contribution < -0.4 is 10.6 Å². The summed E-state index contributed by atoms with van der Waals surface area (Å²) in [6.45, 7) is 3.50. The van der Waals surface area contributed by atoms with Gasteiger partial charge in [0.05, 0.1) is 6.10 Å². The van der Waals surface area contributed by atoms with Crippen LogP contribution in [0.3, 0.4) is 0 Å². The standard InChI is InChI=1S/C14H19FN2O3/c1-3-4-11(18)8-16-13(19)14(20)17-10-5-6-12(15)9(2)7-10/h5-7,11,18H,3-4,8H2,1-2H3,(H,16,19)(H,17,20). The minimum absolute atomic E-state index is 0.0303. The van der Waals surface area contributed by atoms with E-state index >= 15 is 0 Å². The third-order valence-electron chi connectivity index (χ3n) is 2.74. The molecule has 0 saturated carbocycles. The first-order valence-electron chi connectivity index (χ1n) is 6.47. The molecule has 0 aliphatic carbocycles. The number of carbonyl (C=O) groups is 2. The molecule has 1 atom stereocenters. The minimum atomic E-state index is -0.847. The quantitative estimate of drug-likeness (QED) is 0.713. The van der Waals surface area contributed by atoms with Gasteiger partial charge in [0.1, 0.15) is 5.82 Å². The van der Waals surface area contributed by atoms with Gasteiger partial charge in [0.15, 0.2) is 0 Å². The van der Waals surface area contributed by atoms with Crippen molar-refractivity contribution in [1.29, 1.82) is 0 Å². The fourth-order valence-corrected chi connectivity index (χ4v) is 1.64. The Morgan fingerprint density at radius 1 is 1.35 bits per heavy atom. The van der Waals surface area contributed by atoms with E-state index in [2.05, 4.69) is 10.6 Å². The largest absolute Gasteiger partial charge is 0.391 e. The Bertz CT molecular complexity index is 491. The van der Waals surface area contributed by atoms with Crippen LogP contribution in [0.4, 0.5) is 10.1 Å². The second-order valence-electron chi connectivity index (χ2n) is 4.57. The van der Waals surface area contributed by atoms with Crippen molar-refractivity contribution in [1.82, 2.24) is 5.32 Å². The Morgan fingerprint density at radius 3 is 2.65 bits per heavy atom. The third kappa shape index (κ3) is 4.97. The third-order valence-corrected chi connectivity index (χ3v) is 2.74. The van der Waals surface area contributed by atoms with Crippen molar-refractivity contribution in [3.8, 4) is 0 Å². The van der Waals surface area contributed by atoms with Gasteiger partial charge in [0.25, 0.3) is 0 Å². The molecule has 1 aromatic rings. The fourth-order valence-electron chi connectivity index (χ4n) is 1.64. The number of carbonyl (C=O) groups excluding carboxylic acids is 2. The van der Waals surface area contributed by atoms with Gasteiger partial charge in [-0.05, 0) is 37.1 Å². The van der Waals surface area contributed by atoms with Crippen LogP contribution in [0.2, 0.25) is 0 Å². The summed E-state index contributed by atoms with van der Waals surface area (Å²) in [4.78, 5) is 23.1. The van der Waals surface area contributed by atoms with Crippen LogP contribution >= 0.6 is 0 Å². The van der Waals surface area contributed by atoms with Gasteiger partial charge in [0, 0.05) is 12.2 Å². The summed E-state index contributed by atoms with van der Waals surface area (Å²) in [5.74, 6) is -2.06. The number of rotatable bonds is 5. The number of nitrogens with one attached hydrogen (secondary N) is 2. The van der Waals surface area contributed by atoms with Crippen molar-refractivity contribution in [2.75, 3.05) is 11.9 Å². The highest BCUT2D eigenvalue weighted by molar-refractivity contribution is 6.39. The van der Waals surface area contributed by atoms with E-state index in [-0.39, 0.29) is 12.4 Å². The molecule has 0 heterocycles. The molecule has 5 nitrogen and oxygen atoms in total. The van der Waals surface area contributed by atoms with Crippen LogP contribution in [0, 0.1) is 12.7 Å². The predicted molar refractivity (Wildman–Crippen MR) is 73.7 cm³/mol. The summed E-state index contributed by atoms with van der Waals surface area (Å²) >= 11 is 0. The molecule has 2 amide bonds. The van der Waals surface area contributed by atoms with Gasteiger partial charge in [-0.25, -0.2) is 4.39 Å². The molecule has 6 heteroatoms. The smallest absolute Gasteiger partial charge is 0.313 e. The van der Waals surface area contributed by atoms with Crippen molar-refractivity contribution in [2.24, 2.45) is 0 Å². The molecule has 0 bridgehead atoms. The fraction of sp³-hybridized carbons (Fsp3) is 0.429. The van der Waals surface area contributed by atoms with Gasteiger partial charge in [-0.15, -0.1) is 0 Å². The molecule has 1 rings (SSSR count). The van der Waals surface area contributed by atoms with E-state index in [1.165, 1.54) is 18.2 Å². The zero-order valence-electron chi connectivity index (χ0n) is 11.6. The first kappa shape index (κ1) is 16.1. The van der Waals surface area contributed by atoms with Crippen LogP contribution in [0.5, 0.6) is 0 Å². The minimum Gasteiger partial charge on any atom is -0.391 e. The van der Waals surface area contributed by atoms with Crippen LogP contribution in [-0.4, -0.2) is 29.6 Å². The number of hydrogen-bond acceptors (Lipinski definition) is 3. The van der Waals surface area contributed by atoms with Gasteiger partial charge in [0.2, 0.25) is 0 Å². The molecule has 1 unspecified atom stereocenters. The number of aliphatic hydroxyl groups is 1. The summed E-state index contributed by atoms with van der Waals surface area (Å²) < 4.78 is 13.1. The highest BCUT2D eigenvalue weighted by Gasteiger charge is 2.15. The highest BCUT2D eigenvalue weighted by Crippen LogP contribution is 2.13. The van der Waals surface area contributed by atoms with E-state index in [1.54, 1.807) is 6.92 Å². The number of aliphatic hydroxyl groups excluding tert-OH is 1. The topological polar surface area (TPSA) is 78.4 Å². The number of amides is 2. The maximum absolute atomic E-state index is 13.1. The van der Waals surface area contributed by atoms with Gasteiger partial charge in [-0.1, -0.05) is 13.3 Å². The molecule has 0 radical (unpaired) electrons. The first-order chi connectivity index (χ1) is 9.43. The summed E-state index contributed by atoms with van der Waals surface area (Å²) in [5.41, 5.74) is 0.722. The van der Waals surface area contributed by atoms with Crippen molar-refractivity contribution in [2.45, 2.75) is 32.8 Å². The van der Waals surface area contributed by atoms with E-state index in [0.29, 0.717) is 17.7 Å². The number of anilines is 1. The average molecular weight is 282 g/mol. The Kier molecular flexibility index (Phi) is 6.11. The van der Waals surface area contributed by atoms with E-state index in [1.807, 2.05) is 6.92 Å². The average Bonchev–Trinajstić information content (AvgIpc) is 2.40. The second-order valence-corrected chi connectivity index (χ2v) is 4.57. The Labute approximate surface area is 117 Å². The highest BCUT2D eigenvalue weighted by atomic mass is 19.1. The number of halogens is 1. The molecule has 1 aromatic carbocycles. The predicted octanol–water partition coefficient (Wildman–Crippen LogP) is 1.35. The molecule has 3 N–H and O–H groups in total. The molecule has 0 spiro atoms. The summed E-state index contributed by atoms with van der Waals surface area (Å²) in [5, 5.41) is 14.2. The number of benzene rings is 1. The molecule has 0 aliphatic rings. The lowest BCUT2D eigenvalue weighted by Crippen LogP contribution is -2.39. The number of hydrogen-bond donors (Lipinski definition) is 3. The van der Waals surface area contributed by atoms with Crippen LogP contribution in [0.15, 0.2) is 18.2 Å². The van der Waals surface area contributed by atoms with Crippen LogP contribution in [0.25, 0.3) is 0 Å². The first-order valence-corrected chi connectivity index (χ1v) is 6.47. The molecule has 0 saturated heterocycles. The molecule has 20 heavy (non-hydrogen) atoms. The van der Waals surface area contributed by atoms with E-state index < -0.39 is 17.9 Å². The summed E-state index contributed by atoms with van der Waals surface area (Å²) in [7, 11) is 0. The number of aryl methyl sites for hydroxylation is 1. The zero-order valence-corrected chi connectivity index (χ0v) is 11.6.